The van der Waals surface area contributed by atoms with Crippen molar-refractivity contribution in [3.8, 4) is 0 Å². The van der Waals surface area contributed by atoms with Crippen molar-refractivity contribution in [1.82, 2.24) is 19.8 Å². The first-order valence-corrected chi connectivity index (χ1v) is 9.09. The lowest BCUT2D eigenvalue weighted by Crippen LogP contribution is -2.45. The fourth-order valence-corrected chi connectivity index (χ4v) is 2.88. The van der Waals surface area contributed by atoms with Gasteiger partial charge in [0.15, 0.2) is 5.96 Å². The predicted molar refractivity (Wildman–Crippen MR) is 117 cm³/mol. The molecule has 30 heavy (non-hydrogen) atoms. The molecule has 1 atom stereocenters. The molecule has 168 valence electrons. The lowest BCUT2D eigenvalue weighted by atomic mass is 9.98. The lowest BCUT2D eigenvalue weighted by Gasteiger charge is -2.29. The fourth-order valence-electron chi connectivity index (χ4n) is 2.88. The van der Waals surface area contributed by atoms with Crippen molar-refractivity contribution < 1.29 is 22.7 Å². The molecular weight excluding hydrogens is 517 g/mol. The smallest absolute Gasteiger partial charge is 0.374 e. The average molecular weight is 543 g/mol. The Kier molecular flexibility index (Phi) is 9.53. The molecule has 0 fully saturated rings. The Hall–Kier alpha value is -1.89. The maximum absolute atomic E-state index is 13.6. The molecule has 2 aromatic rings. The number of imidazole rings is 1. The molecule has 0 aliphatic carbocycles. The Bertz CT molecular complexity index is 825. The summed E-state index contributed by atoms with van der Waals surface area (Å²) in [6, 6.07) is 5.92. The van der Waals surface area contributed by atoms with Gasteiger partial charge < -0.3 is 19.9 Å². The quantitative estimate of drug-likeness (QED) is 0.243. The van der Waals surface area contributed by atoms with E-state index in [1.165, 1.54) is 31.6 Å². The van der Waals surface area contributed by atoms with Crippen molar-refractivity contribution >= 4 is 29.9 Å². The third kappa shape index (κ3) is 6.30. The number of hydrogen-bond acceptors (Lipinski definition) is 3. The second kappa shape index (κ2) is 10.9. The maximum atomic E-state index is 13.6. The topological polar surface area (TPSA) is 65.7 Å². The van der Waals surface area contributed by atoms with E-state index in [0.29, 0.717) is 19.0 Å². The van der Waals surface area contributed by atoms with Gasteiger partial charge in [-0.05, 0) is 24.6 Å². The Morgan fingerprint density at radius 3 is 2.40 bits per heavy atom. The van der Waals surface area contributed by atoms with Crippen molar-refractivity contribution in [1.29, 1.82) is 0 Å². The van der Waals surface area contributed by atoms with E-state index in [9.17, 15) is 22.7 Å². The molecular formula is C19H26F4IN5O. The van der Waals surface area contributed by atoms with Gasteiger partial charge in [-0.25, -0.2) is 9.37 Å². The number of aliphatic hydroxyl groups is 1. The summed E-state index contributed by atoms with van der Waals surface area (Å²) in [4.78, 5) is 9.61. The monoisotopic (exact) mass is 543 g/mol. The van der Waals surface area contributed by atoms with Gasteiger partial charge in [-0.1, -0.05) is 12.1 Å². The van der Waals surface area contributed by atoms with E-state index in [1.807, 2.05) is 6.92 Å². The number of guanidine groups is 1. The summed E-state index contributed by atoms with van der Waals surface area (Å²) in [5, 5.41) is 13.4. The minimum atomic E-state index is -4.90. The molecule has 6 nitrogen and oxygen atoms in total. The van der Waals surface area contributed by atoms with E-state index in [4.69, 9.17) is 0 Å². The molecule has 0 aliphatic rings. The highest BCUT2D eigenvalue weighted by molar-refractivity contribution is 14.0. The van der Waals surface area contributed by atoms with Gasteiger partial charge >= 0.3 is 6.18 Å². The number of alkyl halides is 3. The molecule has 0 saturated carbocycles. The highest BCUT2D eigenvalue weighted by atomic mass is 127. The van der Waals surface area contributed by atoms with E-state index >= 15 is 0 Å². The number of hydrogen-bond donors (Lipinski definition) is 2. The zero-order chi connectivity index (χ0) is 21.7. The van der Waals surface area contributed by atoms with Gasteiger partial charge in [-0.2, -0.15) is 13.2 Å². The largest absolute Gasteiger partial charge is 0.424 e. The number of aliphatic imine (C=N–C) groups is 1. The first kappa shape index (κ1) is 26.1. The van der Waals surface area contributed by atoms with Crippen LogP contribution in [0.4, 0.5) is 17.6 Å². The van der Waals surface area contributed by atoms with Gasteiger partial charge in [0.05, 0.1) is 0 Å². The van der Waals surface area contributed by atoms with E-state index in [-0.39, 0.29) is 36.3 Å². The van der Waals surface area contributed by atoms with Crippen LogP contribution in [0.2, 0.25) is 0 Å². The summed E-state index contributed by atoms with van der Waals surface area (Å²) in [5.41, 5.74) is -2.29. The number of aromatic nitrogens is 2. The van der Waals surface area contributed by atoms with Crippen molar-refractivity contribution in [3.63, 3.8) is 0 Å². The molecule has 0 amide bonds. The molecule has 0 spiro atoms. The molecule has 1 unspecified atom stereocenters. The number of nitrogens with zero attached hydrogens (tertiary/aromatic N) is 4. The first-order chi connectivity index (χ1) is 13.6. The van der Waals surface area contributed by atoms with Crippen molar-refractivity contribution in [2.75, 3.05) is 20.1 Å². The van der Waals surface area contributed by atoms with Crippen LogP contribution >= 0.6 is 24.0 Å². The lowest BCUT2D eigenvalue weighted by molar-refractivity contribution is -0.272. The summed E-state index contributed by atoms with van der Waals surface area (Å²) >= 11 is 0. The van der Waals surface area contributed by atoms with Crippen LogP contribution in [0.25, 0.3) is 0 Å². The molecule has 11 heteroatoms. The van der Waals surface area contributed by atoms with Crippen LogP contribution in [0.1, 0.15) is 24.7 Å². The van der Waals surface area contributed by atoms with Crippen LogP contribution in [0.5, 0.6) is 0 Å². The van der Waals surface area contributed by atoms with Crippen molar-refractivity contribution in [2.24, 2.45) is 12.0 Å². The number of aryl methyl sites for hydroxylation is 1. The van der Waals surface area contributed by atoms with E-state index < -0.39 is 24.0 Å². The van der Waals surface area contributed by atoms with Gasteiger partial charge in [0.2, 0.25) is 5.60 Å². The highest BCUT2D eigenvalue weighted by Crippen LogP contribution is 2.40. The molecule has 1 aromatic heterocycles. The maximum Gasteiger partial charge on any atom is 0.424 e. The van der Waals surface area contributed by atoms with Gasteiger partial charge in [-0.15, -0.1) is 24.0 Å². The number of nitrogens with one attached hydrogen (secondary N) is 1. The molecule has 0 radical (unpaired) electrons. The number of halogens is 5. The molecule has 1 aromatic carbocycles. The van der Waals surface area contributed by atoms with Crippen LogP contribution in [0.3, 0.4) is 0 Å². The summed E-state index contributed by atoms with van der Waals surface area (Å²) < 4.78 is 55.0. The van der Waals surface area contributed by atoms with E-state index in [2.05, 4.69) is 15.3 Å². The molecule has 2 rings (SSSR count). The zero-order valence-electron chi connectivity index (χ0n) is 16.9. The number of benzene rings is 1. The minimum Gasteiger partial charge on any atom is -0.374 e. The standard InChI is InChI=1S/C19H25F4N5O.HI/c1-4-24-17(28(3)13-14-5-7-15(20)8-6-14)26-10-9-18(29,19(21,22)23)16-25-11-12-27(16)2;/h5-8,11-12,29H,4,9-10,13H2,1-3H3,(H,24,26);1H. The fraction of sp³-hybridized carbons (Fsp3) is 0.474. The van der Waals surface area contributed by atoms with Crippen molar-refractivity contribution in [2.45, 2.75) is 31.7 Å². The second-order valence-corrected chi connectivity index (χ2v) is 6.69. The van der Waals surface area contributed by atoms with Crippen LogP contribution in [-0.4, -0.2) is 51.8 Å². The minimum absolute atomic E-state index is 0. The van der Waals surface area contributed by atoms with Gasteiger partial charge in [0, 0.05) is 52.5 Å². The van der Waals surface area contributed by atoms with E-state index in [0.717, 1.165) is 10.1 Å². The van der Waals surface area contributed by atoms with E-state index in [1.54, 1.807) is 24.1 Å². The highest BCUT2D eigenvalue weighted by Gasteiger charge is 2.57. The molecule has 0 saturated heterocycles. The Morgan fingerprint density at radius 2 is 1.90 bits per heavy atom. The summed E-state index contributed by atoms with van der Waals surface area (Å²) in [5.74, 6) is -0.455. The van der Waals surface area contributed by atoms with Crippen molar-refractivity contribution in [3.05, 3.63) is 53.9 Å². The third-order valence-electron chi connectivity index (χ3n) is 4.42. The second-order valence-electron chi connectivity index (χ2n) is 6.69. The molecule has 0 bridgehead atoms. The average Bonchev–Trinajstić information content (AvgIpc) is 3.08. The molecule has 0 aliphatic heterocycles. The first-order valence-electron chi connectivity index (χ1n) is 9.09. The van der Waals surface area contributed by atoms with Crippen LogP contribution in [-0.2, 0) is 19.2 Å². The Labute approximate surface area is 190 Å². The summed E-state index contributed by atoms with van der Waals surface area (Å²) in [6.45, 7) is 2.45. The van der Waals surface area contributed by atoms with Crippen LogP contribution < -0.4 is 5.32 Å². The number of rotatable bonds is 7. The van der Waals surface area contributed by atoms with Crippen LogP contribution in [0, 0.1) is 5.82 Å². The third-order valence-corrected chi connectivity index (χ3v) is 4.42. The summed E-state index contributed by atoms with van der Waals surface area (Å²) in [7, 11) is 3.11. The Morgan fingerprint density at radius 1 is 1.27 bits per heavy atom. The normalized spacial score (nSPS) is 14.1. The van der Waals surface area contributed by atoms with Gasteiger partial charge in [-0.3, -0.25) is 4.99 Å². The summed E-state index contributed by atoms with van der Waals surface area (Å²) in [6.07, 6.45) is -3.04. The molecule has 1 heterocycles. The van der Waals surface area contributed by atoms with Gasteiger partial charge in [0.25, 0.3) is 0 Å². The van der Waals surface area contributed by atoms with Crippen LogP contribution in [0.15, 0.2) is 41.7 Å². The predicted octanol–water partition coefficient (Wildman–Crippen LogP) is 3.41. The zero-order valence-corrected chi connectivity index (χ0v) is 19.3. The van der Waals surface area contributed by atoms with Gasteiger partial charge in [0.1, 0.15) is 11.6 Å². The SMILES string of the molecule is CCNC(=NCCC(O)(c1nccn1C)C(F)(F)F)N(C)Cc1ccc(F)cc1.I. The molecule has 2 N–H and O–H groups in total. The Balaban J connectivity index is 0.00000450.